The third-order valence-electron chi connectivity index (χ3n) is 10.6. The summed E-state index contributed by atoms with van der Waals surface area (Å²) in [5.74, 6) is -5.81. The molecule has 7 heteroatoms. The zero-order valence-electron chi connectivity index (χ0n) is 24.2. The van der Waals surface area contributed by atoms with Gasteiger partial charge in [-0.05, 0) is 41.3 Å². The molecule has 6 atom stereocenters. The number of Topliss-reactive ketones (excluding diaryl/α,β-unsaturated/α-hetero) is 1. The number of amides is 2. The van der Waals surface area contributed by atoms with Gasteiger partial charge in [0.2, 0.25) is 0 Å². The molecule has 2 amide bonds. The summed E-state index contributed by atoms with van der Waals surface area (Å²) in [6.45, 7) is 0. The number of carbonyl (C=O) groups is 4. The van der Waals surface area contributed by atoms with E-state index in [2.05, 4.69) is 0 Å². The fourth-order valence-electron chi connectivity index (χ4n) is 8.71. The van der Waals surface area contributed by atoms with Gasteiger partial charge in [-0.15, -0.1) is 0 Å². The van der Waals surface area contributed by atoms with Crippen molar-refractivity contribution in [1.82, 2.24) is 5.06 Å². The number of phenols is 1. The molecule has 0 aromatic heterocycles. The van der Waals surface area contributed by atoms with Gasteiger partial charge in [-0.1, -0.05) is 109 Å². The summed E-state index contributed by atoms with van der Waals surface area (Å²) in [4.78, 5) is 56.2. The van der Waals surface area contributed by atoms with Crippen LogP contribution in [0.25, 0.3) is 16.3 Å². The Hall–Kier alpha value is -5.14. The number of allylic oxidation sites excluding steroid dienone is 4. The van der Waals surface area contributed by atoms with Crippen LogP contribution in [0.4, 0.5) is 0 Å². The topological polar surface area (TPSA) is 112 Å². The highest BCUT2D eigenvalue weighted by Gasteiger charge is 2.66. The minimum absolute atomic E-state index is 0.00604. The zero-order valence-corrected chi connectivity index (χ0v) is 24.2. The summed E-state index contributed by atoms with van der Waals surface area (Å²) < 4.78 is 0. The quantitative estimate of drug-likeness (QED) is 0.177. The molecule has 2 fully saturated rings. The van der Waals surface area contributed by atoms with Gasteiger partial charge in [0.15, 0.2) is 11.6 Å². The van der Waals surface area contributed by atoms with E-state index in [4.69, 9.17) is 0 Å². The molecule has 45 heavy (non-hydrogen) atoms. The highest BCUT2D eigenvalue weighted by Crippen LogP contribution is 2.64. The SMILES string of the molecule is O=C1C(c2ccccc2)=CC(=O)C2(c3ccccc3)C1CC1C(=CCC3C(=O)N(O)C(=O)C31)C2c1ccc2ccccc2c1O. The molecule has 4 aromatic rings. The molecule has 4 aromatic carbocycles. The molecular formula is C38H29NO6. The maximum absolute atomic E-state index is 15.0. The largest absolute Gasteiger partial charge is 0.507 e. The van der Waals surface area contributed by atoms with Gasteiger partial charge in [-0.3, -0.25) is 24.4 Å². The Morgan fingerprint density at radius 2 is 1.44 bits per heavy atom. The minimum Gasteiger partial charge on any atom is -0.507 e. The normalized spacial score (nSPS) is 29.2. The first-order valence-corrected chi connectivity index (χ1v) is 15.2. The van der Waals surface area contributed by atoms with Crippen LogP contribution in [0.1, 0.15) is 35.4 Å². The number of rotatable bonds is 3. The summed E-state index contributed by atoms with van der Waals surface area (Å²) in [5.41, 5.74) is 1.35. The zero-order chi connectivity index (χ0) is 31.0. The number of ketones is 2. The van der Waals surface area contributed by atoms with Crippen molar-refractivity contribution >= 4 is 39.7 Å². The van der Waals surface area contributed by atoms with Gasteiger partial charge in [-0.25, -0.2) is 0 Å². The molecule has 0 radical (unpaired) electrons. The van der Waals surface area contributed by atoms with Crippen molar-refractivity contribution in [2.75, 3.05) is 0 Å². The molecule has 3 aliphatic carbocycles. The number of imide groups is 1. The lowest BCUT2D eigenvalue weighted by Crippen LogP contribution is -2.58. The van der Waals surface area contributed by atoms with Crippen LogP contribution in [-0.2, 0) is 24.6 Å². The van der Waals surface area contributed by atoms with E-state index in [9.17, 15) is 24.7 Å². The van der Waals surface area contributed by atoms with E-state index in [-0.39, 0.29) is 35.2 Å². The second-order valence-electron chi connectivity index (χ2n) is 12.5. The average molecular weight is 596 g/mol. The molecule has 0 spiro atoms. The molecule has 222 valence electrons. The maximum Gasteiger partial charge on any atom is 0.257 e. The van der Waals surface area contributed by atoms with E-state index in [1.807, 2.05) is 91.0 Å². The van der Waals surface area contributed by atoms with Gasteiger partial charge < -0.3 is 5.11 Å². The molecule has 8 rings (SSSR count). The number of phenolic OH excluding ortho intramolecular Hbond substituents is 1. The number of fused-ring (bicyclic) bond motifs is 5. The lowest BCUT2D eigenvalue weighted by atomic mass is 9.44. The van der Waals surface area contributed by atoms with Crippen LogP contribution in [0.15, 0.2) is 115 Å². The van der Waals surface area contributed by atoms with Crippen LogP contribution in [0.3, 0.4) is 0 Å². The third kappa shape index (κ3) is 3.68. The summed E-state index contributed by atoms with van der Waals surface area (Å²) in [5, 5.41) is 24.0. The highest BCUT2D eigenvalue weighted by molar-refractivity contribution is 6.31. The maximum atomic E-state index is 15.0. The molecule has 7 nitrogen and oxygen atoms in total. The molecule has 1 saturated heterocycles. The minimum atomic E-state index is -1.43. The Kier molecular flexibility index (Phi) is 6.05. The molecule has 6 unspecified atom stereocenters. The Morgan fingerprint density at radius 1 is 0.756 bits per heavy atom. The molecule has 1 heterocycles. The van der Waals surface area contributed by atoms with Crippen molar-refractivity contribution in [2.45, 2.75) is 24.2 Å². The Morgan fingerprint density at radius 3 is 2.20 bits per heavy atom. The second-order valence-corrected chi connectivity index (χ2v) is 12.5. The molecule has 1 aliphatic heterocycles. The van der Waals surface area contributed by atoms with Gasteiger partial charge in [0, 0.05) is 28.4 Å². The van der Waals surface area contributed by atoms with E-state index >= 15 is 4.79 Å². The summed E-state index contributed by atoms with van der Waals surface area (Å²) >= 11 is 0. The van der Waals surface area contributed by atoms with Crippen molar-refractivity contribution in [2.24, 2.45) is 23.7 Å². The molecular weight excluding hydrogens is 566 g/mol. The van der Waals surface area contributed by atoms with E-state index in [1.54, 1.807) is 12.1 Å². The number of aromatic hydroxyl groups is 1. The Balaban J connectivity index is 1.45. The van der Waals surface area contributed by atoms with E-state index in [0.717, 1.165) is 11.0 Å². The highest BCUT2D eigenvalue weighted by atomic mass is 16.5. The average Bonchev–Trinajstić information content (AvgIpc) is 3.30. The van der Waals surface area contributed by atoms with Crippen molar-refractivity contribution in [3.63, 3.8) is 0 Å². The molecule has 4 aliphatic rings. The number of nitrogens with zero attached hydrogens (tertiary/aromatic N) is 1. The first-order chi connectivity index (χ1) is 21.8. The lowest BCUT2D eigenvalue weighted by molar-refractivity contribution is -0.173. The van der Waals surface area contributed by atoms with Gasteiger partial charge >= 0.3 is 0 Å². The predicted octanol–water partition coefficient (Wildman–Crippen LogP) is 5.76. The summed E-state index contributed by atoms with van der Waals surface area (Å²) in [6, 6.07) is 29.5. The lowest BCUT2D eigenvalue weighted by Gasteiger charge is -2.55. The van der Waals surface area contributed by atoms with Crippen LogP contribution in [0, 0.1) is 23.7 Å². The number of hydrogen-bond donors (Lipinski definition) is 2. The van der Waals surface area contributed by atoms with Crippen LogP contribution in [0.5, 0.6) is 5.75 Å². The summed E-state index contributed by atoms with van der Waals surface area (Å²) in [6.07, 6.45) is 3.70. The van der Waals surface area contributed by atoms with Crippen LogP contribution < -0.4 is 0 Å². The molecule has 1 saturated carbocycles. The second kappa shape index (κ2) is 9.94. The van der Waals surface area contributed by atoms with Crippen molar-refractivity contribution in [3.8, 4) is 5.75 Å². The first-order valence-electron chi connectivity index (χ1n) is 15.2. The standard InChI is InChI=1S/C38H29NO6/c40-31-20-28(21-9-3-1-4-10-21)35(42)30-19-29-25(17-18-26-32(29)37(44)39(45)36(26)43)33(38(30,31)23-12-5-2-6-13-23)27-16-15-22-11-7-8-14-24(22)34(27)41/h1-17,20,26,29-30,32-33,41,45H,18-19H2. The van der Waals surface area contributed by atoms with Crippen molar-refractivity contribution < 1.29 is 29.5 Å². The smallest absolute Gasteiger partial charge is 0.257 e. The number of hydrogen-bond acceptors (Lipinski definition) is 6. The first kappa shape index (κ1) is 27.4. The third-order valence-corrected chi connectivity index (χ3v) is 10.6. The van der Waals surface area contributed by atoms with Gasteiger partial charge in [0.1, 0.15) is 5.75 Å². The van der Waals surface area contributed by atoms with Gasteiger partial charge in [0.25, 0.3) is 11.8 Å². The van der Waals surface area contributed by atoms with Crippen LogP contribution in [-0.4, -0.2) is 38.8 Å². The van der Waals surface area contributed by atoms with Gasteiger partial charge in [-0.2, -0.15) is 5.06 Å². The Labute approximate surface area is 259 Å². The monoisotopic (exact) mass is 595 g/mol. The fourth-order valence-corrected chi connectivity index (χ4v) is 8.71. The fraction of sp³-hybridized carbons (Fsp3) is 0.211. The molecule has 0 bridgehead atoms. The van der Waals surface area contributed by atoms with E-state index < -0.39 is 46.8 Å². The van der Waals surface area contributed by atoms with E-state index in [1.165, 1.54) is 6.08 Å². The van der Waals surface area contributed by atoms with Crippen molar-refractivity contribution in [3.05, 3.63) is 131 Å². The van der Waals surface area contributed by atoms with Crippen molar-refractivity contribution in [1.29, 1.82) is 0 Å². The Bertz CT molecular complexity index is 2000. The molecule has 2 N–H and O–H groups in total. The summed E-state index contributed by atoms with van der Waals surface area (Å²) in [7, 11) is 0. The number of carbonyl (C=O) groups excluding carboxylic acids is 4. The predicted molar refractivity (Wildman–Crippen MR) is 166 cm³/mol. The van der Waals surface area contributed by atoms with E-state index in [0.29, 0.717) is 27.6 Å². The number of benzene rings is 4. The van der Waals surface area contributed by atoms with Crippen LogP contribution >= 0.6 is 0 Å². The van der Waals surface area contributed by atoms with Crippen LogP contribution in [0.2, 0.25) is 0 Å². The van der Waals surface area contributed by atoms with Gasteiger partial charge in [0.05, 0.1) is 17.3 Å². The number of hydroxylamine groups is 2.